The molecule has 0 fully saturated rings. The minimum atomic E-state index is -1.75. The van der Waals surface area contributed by atoms with E-state index in [-0.39, 0.29) is 0 Å². The molecule has 3 heteroatoms. The lowest BCUT2D eigenvalue weighted by molar-refractivity contribution is 0.582. The monoisotopic (exact) mass is 302 g/mol. The highest BCUT2D eigenvalue weighted by molar-refractivity contribution is 14.2. The van der Waals surface area contributed by atoms with Crippen molar-refractivity contribution in [3.8, 4) is 0 Å². The Morgan fingerprint density at radius 3 is 2.08 bits per heavy atom. The Kier molecular flexibility index (Phi) is 7.96. The molecule has 0 saturated heterocycles. The van der Waals surface area contributed by atoms with Crippen LogP contribution in [-0.2, 0) is 4.57 Å². The molecule has 0 aromatic carbocycles. The SMILES string of the molecule is CCCCCCCCP(C)(=O)I. The fourth-order valence-corrected chi connectivity index (χ4v) is 2.99. The highest BCUT2D eigenvalue weighted by Gasteiger charge is 2.07. The molecule has 0 amide bonds. The first kappa shape index (κ1) is 13.0. The molecule has 1 atom stereocenters. The third-order valence-electron chi connectivity index (χ3n) is 1.91. The summed E-state index contributed by atoms with van der Waals surface area (Å²) in [4.78, 5) is -1.75. The molecule has 0 saturated carbocycles. The van der Waals surface area contributed by atoms with Crippen LogP contribution in [0.1, 0.15) is 45.4 Å². The Hall–Kier alpha value is 0.960. The van der Waals surface area contributed by atoms with Crippen LogP contribution < -0.4 is 0 Å². The van der Waals surface area contributed by atoms with Gasteiger partial charge in [0.15, 0.2) is 0 Å². The van der Waals surface area contributed by atoms with Crippen molar-refractivity contribution in [2.45, 2.75) is 45.4 Å². The zero-order chi connectivity index (χ0) is 9.45. The average Bonchev–Trinajstić information content (AvgIpc) is 1.94. The van der Waals surface area contributed by atoms with Crippen LogP contribution in [-0.4, -0.2) is 12.8 Å². The highest BCUT2D eigenvalue weighted by Crippen LogP contribution is 2.51. The highest BCUT2D eigenvalue weighted by atomic mass is 127. The minimum absolute atomic E-state index is 0.930. The third-order valence-corrected chi connectivity index (χ3v) is 4.47. The van der Waals surface area contributed by atoms with Gasteiger partial charge in [-0.2, -0.15) is 0 Å². The summed E-state index contributed by atoms with van der Waals surface area (Å²) in [6, 6.07) is 0. The Morgan fingerprint density at radius 1 is 1.08 bits per heavy atom. The number of unbranched alkanes of at least 4 members (excludes halogenated alkanes) is 5. The summed E-state index contributed by atoms with van der Waals surface area (Å²) in [5.74, 6) is 0. The molecule has 74 valence electrons. The standard InChI is InChI=1S/C9H20IOP/c1-3-4-5-6-7-8-9-12(2,10)11/h3-9H2,1-2H3. The summed E-state index contributed by atoms with van der Waals surface area (Å²) in [7, 11) is 0. The Labute approximate surface area is 89.6 Å². The first-order chi connectivity index (χ1) is 5.56. The Balaban J connectivity index is 3.06. The van der Waals surface area contributed by atoms with Gasteiger partial charge in [0, 0.05) is 6.16 Å². The van der Waals surface area contributed by atoms with Gasteiger partial charge in [0.2, 0.25) is 0 Å². The molecule has 0 N–H and O–H groups in total. The number of halogens is 1. The van der Waals surface area contributed by atoms with E-state index >= 15 is 0 Å². The molecule has 0 rings (SSSR count). The van der Waals surface area contributed by atoms with Crippen LogP contribution in [0.15, 0.2) is 0 Å². The minimum Gasteiger partial charge on any atom is -0.313 e. The zero-order valence-electron chi connectivity index (χ0n) is 8.18. The van der Waals surface area contributed by atoms with E-state index in [0.717, 1.165) is 12.6 Å². The molecule has 0 aliphatic heterocycles. The van der Waals surface area contributed by atoms with Crippen molar-refractivity contribution in [2.75, 3.05) is 12.8 Å². The maximum atomic E-state index is 11.3. The van der Waals surface area contributed by atoms with E-state index in [9.17, 15) is 4.57 Å². The van der Waals surface area contributed by atoms with Crippen molar-refractivity contribution in [2.24, 2.45) is 0 Å². The molecule has 0 aliphatic carbocycles. The van der Waals surface area contributed by atoms with E-state index in [2.05, 4.69) is 29.0 Å². The summed E-state index contributed by atoms with van der Waals surface area (Å²) in [6.45, 7) is 4.10. The molecule has 0 aliphatic rings. The van der Waals surface area contributed by atoms with Crippen molar-refractivity contribution in [1.29, 1.82) is 0 Å². The van der Waals surface area contributed by atoms with Crippen molar-refractivity contribution < 1.29 is 4.57 Å². The maximum absolute atomic E-state index is 11.3. The van der Waals surface area contributed by atoms with Gasteiger partial charge in [-0.1, -0.05) is 39.0 Å². The zero-order valence-corrected chi connectivity index (χ0v) is 11.2. The van der Waals surface area contributed by atoms with Crippen LogP contribution in [0.5, 0.6) is 0 Å². The van der Waals surface area contributed by atoms with Crippen molar-refractivity contribution in [3.05, 3.63) is 0 Å². The second-order valence-electron chi connectivity index (χ2n) is 3.48. The first-order valence-electron chi connectivity index (χ1n) is 4.82. The van der Waals surface area contributed by atoms with Gasteiger partial charge in [-0.15, -0.1) is 0 Å². The molecular formula is C9H20IOP. The molecule has 0 aromatic heterocycles. The predicted molar refractivity (Wildman–Crippen MR) is 65.8 cm³/mol. The summed E-state index contributed by atoms with van der Waals surface area (Å²) in [5.41, 5.74) is 0. The smallest absolute Gasteiger partial charge is 0.140 e. The molecule has 0 radical (unpaired) electrons. The van der Waals surface area contributed by atoms with Gasteiger partial charge in [-0.3, -0.25) is 0 Å². The Bertz CT molecular complexity index is 141. The fourth-order valence-electron chi connectivity index (χ4n) is 1.17. The summed E-state index contributed by atoms with van der Waals surface area (Å²) in [5, 5.41) is 0. The average molecular weight is 302 g/mol. The molecule has 1 unspecified atom stereocenters. The molecular weight excluding hydrogens is 282 g/mol. The lowest BCUT2D eigenvalue weighted by atomic mass is 10.1. The van der Waals surface area contributed by atoms with Crippen molar-refractivity contribution >= 4 is 26.8 Å². The van der Waals surface area contributed by atoms with Gasteiger partial charge < -0.3 is 4.57 Å². The number of hydrogen-bond acceptors (Lipinski definition) is 1. The van der Waals surface area contributed by atoms with E-state index in [4.69, 9.17) is 0 Å². The molecule has 0 heterocycles. The molecule has 0 aromatic rings. The second kappa shape index (κ2) is 7.37. The fraction of sp³-hybridized carbons (Fsp3) is 1.00. The summed E-state index contributed by atoms with van der Waals surface area (Å²) in [6.07, 6.45) is 8.68. The van der Waals surface area contributed by atoms with E-state index in [1.54, 1.807) is 0 Å². The predicted octanol–water partition coefficient (Wildman–Crippen LogP) is 4.69. The van der Waals surface area contributed by atoms with Gasteiger partial charge in [0.1, 0.15) is 4.78 Å². The third kappa shape index (κ3) is 11.0. The first-order valence-corrected chi connectivity index (χ1v) is 9.95. The topological polar surface area (TPSA) is 17.1 Å². The van der Waals surface area contributed by atoms with Crippen LogP contribution >= 0.6 is 26.8 Å². The van der Waals surface area contributed by atoms with Crippen LogP contribution in [0.2, 0.25) is 0 Å². The number of hydrogen-bond donors (Lipinski definition) is 0. The largest absolute Gasteiger partial charge is 0.313 e. The van der Waals surface area contributed by atoms with E-state index in [0.29, 0.717) is 0 Å². The van der Waals surface area contributed by atoms with E-state index in [1.807, 2.05) is 6.66 Å². The second-order valence-corrected chi connectivity index (χ2v) is 12.0. The summed E-state index contributed by atoms with van der Waals surface area (Å²) < 4.78 is 11.3. The van der Waals surface area contributed by atoms with Crippen LogP contribution in [0.3, 0.4) is 0 Å². The van der Waals surface area contributed by atoms with E-state index in [1.165, 1.54) is 32.1 Å². The van der Waals surface area contributed by atoms with Gasteiger partial charge >= 0.3 is 0 Å². The quantitative estimate of drug-likeness (QED) is 0.379. The van der Waals surface area contributed by atoms with Crippen LogP contribution in [0.25, 0.3) is 0 Å². The summed E-state index contributed by atoms with van der Waals surface area (Å²) >= 11 is 2.10. The van der Waals surface area contributed by atoms with Gasteiger partial charge in [-0.25, -0.2) is 0 Å². The lowest BCUT2D eigenvalue weighted by Gasteiger charge is -2.03. The van der Waals surface area contributed by atoms with Gasteiger partial charge in [0.25, 0.3) is 0 Å². The molecule has 12 heavy (non-hydrogen) atoms. The maximum Gasteiger partial charge on any atom is 0.140 e. The Morgan fingerprint density at radius 2 is 1.58 bits per heavy atom. The number of rotatable bonds is 7. The van der Waals surface area contributed by atoms with Crippen molar-refractivity contribution in [1.82, 2.24) is 0 Å². The van der Waals surface area contributed by atoms with Crippen LogP contribution in [0.4, 0.5) is 0 Å². The lowest BCUT2D eigenvalue weighted by Crippen LogP contribution is -1.83. The molecule has 0 spiro atoms. The van der Waals surface area contributed by atoms with Crippen LogP contribution in [0, 0.1) is 0 Å². The normalized spacial score (nSPS) is 15.9. The van der Waals surface area contributed by atoms with Gasteiger partial charge in [-0.05, 0) is 35.1 Å². The van der Waals surface area contributed by atoms with Gasteiger partial charge in [0.05, 0.1) is 0 Å². The van der Waals surface area contributed by atoms with Crippen molar-refractivity contribution in [3.63, 3.8) is 0 Å². The molecule has 0 bridgehead atoms. The molecule has 1 nitrogen and oxygen atoms in total. The van der Waals surface area contributed by atoms with E-state index < -0.39 is 4.78 Å².